The number of anilines is 1. The zero-order chi connectivity index (χ0) is 30.0. The van der Waals surface area contributed by atoms with Crippen molar-refractivity contribution in [3.63, 3.8) is 0 Å². The van der Waals surface area contributed by atoms with Gasteiger partial charge < -0.3 is 11.1 Å². The maximum Gasteiger partial charge on any atom is 0.316 e. The number of hydrogen-bond acceptors (Lipinski definition) is 3. The van der Waals surface area contributed by atoms with E-state index in [1.165, 1.54) is 102 Å². The van der Waals surface area contributed by atoms with Gasteiger partial charge in [0.05, 0.1) is 16.7 Å². The van der Waals surface area contributed by atoms with Crippen LogP contribution >= 0.6 is 0 Å². The number of hydrogen-bond donors (Lipinski definition) is 2. The Balaban J connectivity index is 1.12. The van der Waals surface area contributed by atoms with Crippen molar-refractivity contribution in [1.82, 2.24) is 9.38 Å². The van der Waals surface area contributed by atoms with Crippen LogP contribution < -0.4 is 16.6 Å². The van der Waals surface area contributed by atoms with Crippen LogP contribution in [0.2, 0.25) is 0 Å². The van der Waals surface area contributed by atoms with Crippen molar-refractivity contribution in [3.8, 4) is 0 Å². The third-order valence-corrected chi connectivity index (χ3v) is 9.01. The molecule has 2 amide bonds. The van der Waals surface area contributed by atoms with Gasteiger partial charge in [0.1, 0.15) is 5.65 Å². The fraction of sp³-hybridized carbons (Fsp3) is 0.486. The fourth-order valence-corrected chi connectivity index (χ4v) is 6.67. The van der Waals surface area contributed by atoms with Crippen molar-refractivity contribution in [2.24, 2.45) is 5.73 Å². The van der Waals surface area contributed by atoms with E-state index < -0.39 is 6.03 Å². The van der Waals surface area contributed by atoms with Crippen molar-refractivity contribution >= 4 is 49.9 Å². The number of imidazole rings is 1. The van der Waals surface area contributed by atoms with Gasteiger partial charge in [0.25, 0.3) is 5.56 Å². The minimum atomic E-state index is -0.632. The van der Waals surface area contributed by atoms with E-state index in [0.717, 1.165) is 40.0 Å². The predicted octanol–water partition coefficient (Wildman–Crippen LogP) is 9.89. The first-order valence-corrected chi connectivity index (χ1v) is 16.8. The number of aromatic nitrogens is 2. The number of fused-ring (bicyclic) bond motifs is 4. The highest BCUT2D eigenvalue weighted by Crippen LogP contribution is 2.34. The molecule has 0 aliphatic rings. The molecule has 3 aromatic carbocycles. The number of rotatable bonds is 18. The number of nitrogens with two attached hydrogens (primary N) is 1. The Bertz CT molecular complexity index is 1710. The summed E-state index contributed by atoms with van der Waals surface area (Å²) < 4.78 is 1.75. The van der Waals surface area contributed by atoms with Crippen LogP contribution in [-0.4, -0.2) is 15.4 Å². The molecule has 0 aliphatic carbocycles. The second-order valence-corrected chi connectivity index (χ2v) is 12.3. The summed E-state index contributed by atoms with van der Waals surface area (Å²) in [5.41, 5.74) is 9.45. The lowest BCUT2D eigenvalue weighted by Crippen LogP contribution is -2.19. The maximum absolute atomic E-state index is 13.7. The number of pyridine rings is 1. The van der Waals surface area contributed by atoms with E-state index in [1.807, 2.05) is 36.4 Å². The molecule has 0 bridgehead atoms. The van der Waals surface area contributed by atoms with E-state index in [4.69, 9.17) is 10.7 Å². The summed E-state index contributed by atoms with van der Waals surface area (Å²) in [6.45, 7) is 2.28. The summed E-state index contributed by atoms with van der Waals surface area (Å²) in [7, 11) is 0. The molecule has 3 N–H and O–H groups in total. The molecule has 6 heteroatoms. The number of carbonyl (C=O) groups is 1. The highest BCUT2D eigenvalue weighted by Gasteiger charge is 2.18. The second-order valence-electron chi connectivity index (χ2n) is 12.3. The minimum absolute atomic E-state index is 0.0913. The largest absolute Gasteiger partial charge is 0.351 e. The Labute approximate surface area is 255 Å². The van der Waals surface area contributed by atoms with Crippen LogP contribution in [0.15, 0.2) is 53.3 Å². The predicted molar refractivity (Wildman–Crippen MR) is 182 cm³/mol. The molecule has 0 saturated carbocycles. The normalized spacial score (nSPS) is 11.8. The van der Waals surface area contributed by atoms with Gasteiger partial charge >= 0.3 is 6.03 Å². The number of nitrogens with one attached hydrogen (secondary N) is 1. The number of aryl methyl sites for hydroxylation is 1. The van der Waals surface area contributed by atoms with E-state index in [-0.39, 0.29) is 5.56 Å². The van der Waals surface area contributed by atoms with E-state index in [2.05, 4.69) is 24.4 Å². The Hall–Kier alpha value is -3.67. The standard InChI is InChI=1S/C37H48N4O2/c1-2-3-4-5-6-7-8-9-10-11-12-13-14-15-16-17-19-27-22-24-32-33(26-27)41-35(39-32)29-23-25-31(40-37(38)43)28-20-18-21-30(34(28)29)36(41)42/h18,20-26H,2-17,19H2,1H3,(H3,38,40,43). The Morgan fingerprint density at radius 1 is 0.744 bits per heavy atom. The van der Waals surface area contributed by atoms with E-state index >= 15 is 0 Å². The molecule has 228 valence electrons. The molecule has 2 heterocycles. The molecule has 0 spiro atoms. The number of urea groups is 1. The molecule has 0 saturated heterocycles. The van der Waals surface area contributed by atoms with Crippen LogP contribution in [-0.2, 0) is 6.42 Å². The van der Waals surface area contributed by atoms with Crippen LogP contribution in [0.4, 0.5) is 10.5 Å². The third-order valence-electron chi connectivity index (χ3n) is 9.01. The molecule has 43 heavy (non-hydrogen) atoms. The maximum atomic E-state index is 13.7. The number of amides is 2. The van der Waals surface area contributed by atoms with Gasteiger partial charge in [0.15, 0.2) is 0 Å². The van der Waals surface area contributed by atoms with Crippen LogP contribution in [0.25, 0.3) is 38.2 Å². The molecule has 0 atom stereocenters. The number of nitrogens with zero attached hydrogens (tertiary/aromatic N) is 2. The van der Waals surface area contributed by atoms with Gasteiger partial charge in [-0.15, -0.1) is 0 Å². The van der Waals surface area contributed by atoms with E-state index in [0.29, 0.717) is 16.7 Å². The Kier molecular flexibility index (Phi) is 10.9. The molecule has 0 unspecified atom stereocenters. The first kappa shape index (κ1) is 30.8. The smallest absolute Gasteiger partial charge is 0.316 e. The Morgan fingerprint density at radius 2 is 1.35 bits per heavy atom. The van der Waals surface area contributed by atoms with Crippen LogP contribution in [0, 0.1) is 0 Å². The first-order chi connectivity index (χ1) is 21.1. The highest BCUT2D eigenvalue weighted by atomic mass is 16.2. The van der Waals surface area contributed by atoms with Gasteiger partial charge in [-0.05, 0) is 48.7 Å². The van der Waals surface area contributed by atoms with Gasteiger partial charge in [-0.3, -0.25) is 9.20 Å². The van der Waals surface area contributed by atoms with Gasteiger partial charge in [0, 0.05) is 21.5 Å². The summed E-state index contributed by atoms with van der Waals surface area (Å²) >= 11 is 0. The van der Waals surface area contributed by atoms with Crippen molar-refractivity contribution < 1.29 is 4.79 Å². The lowest BCUT2D eigenvalue weighted by molar-refractivity contribution is 0.259. The van der Waals surface area contributed by atoms with Crippen LogP contribution in [0.1, 0.15) is 115 Å². The topological polar surface area (TPSA) is 89.5 Å². The molecule has 0 radical (unpaired) electrons. The molecule has 2 aromatic heterocycles. The quantitative estimate of drug-likeness (QED) is 0.101. The zero-order valence-corrected chi connectivity index (χ0v) is 25.9. The highest BCUT2D eigenvalue weighted by molar-refractivity contribution is 6.19. The van der Waals surface area contributed by atoms with Crippen molar-refractivity contribution in [1.29, 1.82) is 0 Å². The number of benzene rings is 3. The lowest BCUT2D eigenvalue weighted by Gasteiger charge is -2.11. The van der Waals surface area contributed by atoms with Crippen molar-refractivity contribution in [2.75, 3.05) is 5.32 Å². The number of carbonyl (C=O) groups excluding carboxylic acids is 1. The van der Waals surface area contributed by atoms with Gasteiger partial charge in [0.2, 0.25) is 0 Å². The summed E-state index contributed by atoms with van der Waals surface area (Å²) in [5.74, 6) is 0. The average molecular weight is 581 g/mol. The van der Waals surface area contributed by atoms with E-state index in [9.17, 15) is 9.59 Å². The number of primary amides is 1. The summed E-state index contributed by atoms with van der Waals surface area (Å²) in [6.07, 6.45) is 22.9. The van der Waals surface area contributed by atoms with E-state index in [1.54, 1.807) is 4.40 Å². The SMILES string of the molecule is CCCCCCCCCCCCCCCCCCc1ccc2nc3c4ccc(NC(N)=O)c5cccc(c(=O)n3c2c1)c54. The fourth-order valence-electron chi connectivity index (χ4n) is 6.67. The lowest BCUT2D eigenvalue weighted by atomic mass is 10.0. The van der Waals surface area contributed by atoms with Crippen molar-refractivity contribution in [2.45, 2.75) is 116 Å². The average Bonchev–Trinajstić information content (AvgIpc) is 3.39. The molecular formula is C37H48N4O2. The van der Waals surface area contributed by atoms with Crippen LogP contribution in [0.5, 0.6) is 0 Å². The molecule has 5 rings (SSSR count). The molecule has 6 nitrogen and oxygen atoms in total. The monoisotopic (exact) mass is 580 g/mol. The third kappa shape index (κ3) is 7.46. The Morgan fingerprint density at radius 3 is 1.98 bits per heavy atom. The molecular weight excluding hydrogens is 532 g/mol. The molecule has 5 aromatic rings. The number of unbranched alkanes of at least 4 members (excludes halogenated alkanes) is 15. The van der Waals surface area contributed by atoms with Crippen LogP contribution in [0.3, 0.4) is 0 Å². The van der Waals surface area contributed by atoms with Gasteiger partial charge in [-0.1, -0.05) is 121 Å². The minimum Gasteiger partial charge on any atom is -0.351 e. The van der Waals surface area contributed by atoms with Crippen molar-refractivity contribution in [3.05, 3.63) is 64.4 Å². The second kappa shape index (κ2) is 15.2. The first-order valence-electron chi connectivity index (χ1n) is 16.8. The summed E-state index contributed by atoms with van der Waals surface area (Å²) in [5, 5.41) is 5.75. The molecule has 0 aliphatic heterocycles. The van der Waals surface area contributed by atoms with Gasteiger partial charge in [-0.2, -0.15) is 0 Å². The summed E-state index contributed by atoms with van der Waals surface area (Å²) in [6, 6.07) is 15.0. The zero-order valence-electron chi connectivity index (χ0n) is 25.9. The van der Waals surface area contributed by atoms with Gasteiger partial charge in [-0.25, -0.2) is 9.78 Å². The molecule has 0 fully saturated rings. The summed E-state index contributed by atoms with van der Waals surface area (Å²) in [4.78, 5) is 30.1.